The Labute approximate surface area is 70.2 Å². The van der Waals surface area contributed by atoms with Crippen LogP contribution in [0.5, 0.6) is 0 Å². The number of H-pyrrole nitrogens is 1. The van der Waals surface area contributed by atoms with E-state index >= 15 is 0 Å². The van der Waals surface area contributed by atoms with Crippen molar-refractivity contribution in [2.75, 3.05) is 6.61 Å². The number of nitrogens with one attached hydrogen (secondary N) is 1. The summed E-state index contributed by atoms with van der Waals surface area (Å²) in [5.41, 5.74) is 0.896. The topological polar surface area (TPSA) is 62.3 Å². The van der Waals surface area contributed by atoms with E-state index in [-0.39, 0.29) is 6.61 Å². The number of aromatic nitrogens is 1. The van der Waals surface area contributed by atoms with Gasteiger partial charge in [-0.25, -0.2) is 4.79 Å². The second kappa shape index (κ2) is 3.92. The van der Waals surface area contributed by atoms with Gasteiger partial charge in [0, 0.05) is 11.8 Å². The average molecular weight is 169 g/mol. The molecule has 0 aliphatic rings. The molecule has 0 saturated carbocycles. The minimum absolute atomic E-state index is 0.155. The summed E-state index contributed by atoms with van der Waals surface area (Å²) in [5, 5.41) is 8.80. The van der Waals surface area contributed by atoms with Gasteiger partial charge in [0.2, 0.25) is 0 Å². The van der Waals surface area contributed by atoms with Crippen molar-refractivity contribution >= 4 is 5.97 Å². The van der Waals surface area contributed by atoms with Gasteiger partial charge in [-0.05, 0) is 13.0 Å². The maximum absolute atomic E-state index is 11.1. The van der Waals surface area contributed by atoms with Gasteiger partial charge in [0.25, 0.3) is 0 Å². The highest BCUT2D eigenvalue weighted by Gasteiger charge is 2.11. The number of hydrogen-bond acceptors (Lipinski definition) is 3. The van der Waals surface area contributed by atoms with Gasteiger partial charge >= 0.3 is 5.97 Å². The summed E-state index contributed by atoms with van der Waals surface area (Å²) < 4.78 is 4.75. The molecule has 0 aromatic carbocycles. The van der Waals surface area contributed by atoms with Crippen molar-refractivity contribution in [3.05, 3.63) is 23.5 Å². The van der Waals surface area contributed by atoms with Crippen LogP contribution in [0.3, 0.4) is 0 Å². The second-order valence-electron chi connectivity index (χ2n) is 2.26. The van der Waals surface area contributed by atoms with E-state index < -0.39 is 5.97 Å². The predicted octanol–water partition coefficient (Wildman–Crippen LogP) is 0.684. The molecule has 0 spiro atoms. The molecule has 0 amide bonds. The van der Waals surface area contributed by atoms with Crippen LogP contribution in [0.1, 0.15) is 23.0 Å². The lowest BCUT2D eigenvalue weighted by molar-refractivity contribution is 0.0516. The van der Waals surface area contributed by atoms with E-state index in [0.717, 1.165) is 0 Å². The quantitative estimate of drug-likeness (QED) is 0.654. The molecule has 1 aromatic heterocycles. The van der Waals surface area contributed by atoms with E-state index in [1.807, 2.05) is 0 Å². The first-order valence-electron chi connectivity index (χ1n) is 3.73. The van der Waals surface area contributed by atoms with E-state index in [9.17, 15) is 4.79 Å². The minimum atomic E-state index is -0.424. The van der Waals surface area contributed by atoms with Crippen LogP contribution in [-0.2, 0) is 11.3 Å². The van der Waals surface area contributed by atoms with E-state index in [2.05, 4.69) is 4.98 Å². The molecule has 0 radical (unpaired) electrons. The van der Waals surface area contributed by atoms with Gasteiger partial charge in [0.15, 0.2) is 0 Å². The van der Waals surface area contributed by atoms with Crippen LogP contribution in [0.25, 0.3) is 0 Å². The number of carbonyl (C=O) groups excluding carboxylic acids is 1. The van der Waals surface area contributed by atoms with Gasteiger partial charge in [-0.1, -0.05) is 0 Å². The zero-order chi connectivity index (χ0) is 8.97. The highest BCUT2D eigenvalue weighted by Crippen LogP contribution is 2.07. The molecule has 2 N–H and O–H groups in total. The fourth-order valence-electron chi connectivity index (χ4n) is 0.927. The maximum Gasteiger partial charge on any atom is 0.355 e. The lowest BCUT2D eigenvalue weighted by Gasteiger charge is -2.00. The Morgan fingerprint density at radius 3 is 3.08 bits per heavy atom. The monoisotopic (exact) mass is 169 g/mol. The summed E-state index contributed by atoms with van der Waals surface area (Å²) in [6.07, 6.45) is 1.60. The molecule has 66 valence electrons. The predicted molar refractivity (Wildman–Crippen MR) is 42.7 cm³/mol. The van der Waals surface area contributed by atoms with Crippen molar-refractivity contribution in [3.63, 3.8) is 0 Å². The molecule has 0 saturated heterocycles. The van der Waals surface area contributed by atoms with E-state index in [1.165, 1.54) is 0 Å². The zero-order valence-corrected chi connectivity index (χ0v) is 6.83. The van der Waals surface area contributed by atoms with Crippen LogP contribution in [-0.4, -0.2) is 22.7 Å². The van der Waals surface area contributed by atoms with Gasteiger partial charge in [-0.15, -0.1) is 0 Å². The van der Waals surface area contributed by atoms with Gasteiger partial charge in [0.1, 0.15) is 5.69 Å². The molecule has 0 unspecified atom stereocenters. The highest BCUT2D eigenvalue weighted by molar-refractivity contribution is 5.89. The van der Waals surface area contributed by atoms with Crippen molar-refractivity contribution in [1.29, 1.82) is 0 Å². The van der Waals surface area contributed by atoms with Crippen LogP contribution in [0, 0.1) is 0 Å². The smallest absolute Gasteiger partial charge is 0.355 e. The molecule has 0 fully saturated rings. The third-order valence-corrected chi connectivity index (χ3v) is 1.48. The van der Waals surface area contributed by atoms with Crippen molar-refractivity contribution in [2.24, 2.45) is 0 Å². The summed E-state index contributed by atoms with van der Waals surface area (Å²) in [6, 6.07) is 1.65. The third kappa shape index (κ3) is 1.65. The Morgan fingerprint density at radius 1 is 1.75 bits per heavy atom. The Bertz CT molecular complexity index is 267. The Hall–Kier alpha value is -1.29. The van der Waals surface area contributed by atoms with Crippen LogP contribution < -0.4 is 0 Å². The largest absolute Gasteiger partial charge is 0.461 e. The van der Waals surface area contributed by atoms with E-state index in [4.69, 9.17) is 9.84 Å². The van der Waals surface area contributed by atoms with Crippen molar-refractivity contribution < 1.29 is 14.6 Å². The molecule has 0 bridgehead atoms. The number of carbonyl (C=O) groups is 1. The summed E-state index contributed by atoms with van der Waals surface area (Å²) in [6.45, 7) is 1.92. The summed E-state index contributed by atoms with van der Waals surface area (Å²) in [5.74, 6) is -0.424. The Morgan fingerprint density at radius 2 is 2.50 bits per heavy atom. The molecule has 1 heterocycles. The third-order valence-electron chi connectivity index (χ3n) is 1.48. The molecular weight excluding hydrogens is 158 g/mol. The lowest BCUT2D eigenvalue weighted by atomic mass is 10.2. The zero-order valence-electron chi connectivity index (χ0n) is 6.83. The number of esters is 1. The number of aliphatic hydroxyl groups is 1. The Balaban J connectivity index is 2.79. The molecule has 0 aliphatic heterocycles. The van der Waals surface area contributed by atoms with Crippen molar-refractivity contribution in [3.8, 4) is 0 Å². The molecule has 4 nitrogen and oxygen atoms in total. The highest BCUT2D eigenvalue weighted by atomic mass is 16.5. The van der Waals surface area contributed by atoms with Gasteiger partial charge in [-0.2, -0.15) is 0 Å². The second-order valence-corrected chi connectivity index (χ2v) is 2.26. The number of aromatic amines is 1. The summed E-state index contributed by atoms with van der Waals surface area (Å²) in [4.78, 5) is 13.8. The summed E-state index contributed by atoms with van der Waals surface area (Å²) >= 11 is 0. The number of rotatable bonds is 3. The fraction of sp³-hybridized carbons (Fsp3) is 0.375. The average Bonchev–Trinajstić information content (AvgIpc) is 2.51. The SMILES string of the molecule is CCOC(=O)c1[nH]ccc1CO. The molecule has 1 rings (SSSR count). The van der Waals surface area contributed by atoms with Gasteiger partial charge < -0.3 is 14.8 Å². The molecule has 12 heavy (non-hydrogen) atoms. The molecule has 0 aliphatic carbocycles. The first kappa shape index (κ1) is 8.80. The normalized spacial score (nSPS) is 9.83. The molecule has 4 heteroatoms. The summed E-state index contributed by atoms with van der Waals surface area (Å²) in [7, 11) is 0. The van der Waals surface area contributed by atoms with Gasteiger partial charge in [0.05, 0.1) is 13.2 Å². The standard InChI is InChI=1S/C8H11NO3/c1-2-12-8(11)7-6(5-10)3-4-9-7/h3-4,9-10H,2,5H2,1H3. The minimum Gasteiger partial charge on any atom is -0.461 e. The molecule has 1 aromatic rings. The first-order valence-corrected chi connectivity index (χ1v) is 3.73. The van der Waals surface area contributed by atoms with Crippen LogP contribution in [0.2, 0.25) is 0 Å². The number of aliphatic hydroxyl groups excluding tert-OH is 1. The number of ether oxygens (including phenoxy) is 1. The molecule has 0 atom stereocenters. The van der Waals surface area contributed by atoms with Crippen LogP contribution >= 0.6 is 0 Å². The van der Waals surface area contributed by atoms with Gasteiger partial charge in [-0.3, -0.25) is 0 Å². The maximum atomic E-state index is 11.1. The first-order chi connectivity index (χ1) is 5.79. The van der Waals surface area contributed by atoms with E-state index in [1.54, 1.807) is 19.2 Å². The molecular formula is C8H11NO3. The fourth-order valence-corrected chi connectivity index (χ4v) is 0.927. The van der Waals surface area contributed by atoms with Crippen molar-refractivity contribution in [1.82, 2.24) is 4.98 Å². The lowest BCUT2D eigenvalue weighted by Crippen LogP contribution is -2.07. The van der Waals surface area contributed by atoms with Crippen LogP contribution in [0.4, 0.5) is 0 Å². The number of hydrogen-bond donors (Lipinski definition) is 2. The van der Waals surface area contributed by atoms with Crippen LogP contribution in [0.15, 0.2) is 12.3 Å². The van der Waals surface area contributed by atoms with E-state index in [0.29, 0.717) is 17.9 Å². The Kier molecular flexibility index (Phi) is 2.88. The van der Waals surface area contributed by atoms with Crippen molar-refractivity contribution in [2.45, 2.75) is 13.5 Å².